The van der Waals surface area contributed by atoms with Crippen LogP contribution in [0.15, 0.2) is 66.9 Å². The van der Waals surface area contributed by atoms with Gasteiger partial charge >= 0.3 is 0 Å². The molecule has 0 bridgehead atoms. The Kier molecular flexibility index (Phi) is 4.13. The van der Waals surface area contributed by atoms with Crippen molar-refractivity contribution in [2.24, 2.45) is 0 Å². The average molecular weight is 347 g/mol. The largest absolute Gasteiger partial charge is 0.338 e. The van der Waals surface area contributed by atoms with Crippen molar-refractivity contribution in [3.63, 3.8) is 0 Å². The average Bonchev–Trinajstić information content (AvgIpc) is 2.99. The monoisotopic (exact) mass is 347 g/mol. The molecule has 1 aliphatic heterocycles. The lowest BCUT2D eigenvalue weighted by molar-refractivity contribution is 0.102. The maximum Gasteiger partial charge on any atom is 0.274 e. The van der Waals surface area contributed by atoms with E-state index in [9.17, 15) is 9.18 Å². The topological polar surface area (TPSA) is 45.2 Å². The van der Waals surface area contributed by atoms with Crippen LogP contribution in [0.5, 0.6) is 0 Å². The number of para-hydroxylation sites is 2. The molecule has 5 heteroatoms. The Hall–Kier alpha value is -3.21. The Morgan fingerprint density at radius 1 is 1.15 bits per heavy atom. The summed E-state index contributed by atoms with van der Waals surface area (Å²) < 4.78 is 13.8. The number of amides is 1. The molecule has 0 saturated heterocycles. The zero-order valence-electron chi connectivity index (χ0n) is 14.3. The maximum atomic E-state index is 13.8. The van der Waals surface area contributed by atoms with Gasteiger partial charge in [-0.05, 0) is 49.2 Å². The summed E-state index contributed by atoms with van der Waals surface area (Å²) in [6, 6.07) is 18.3. The van der Waals surface area contributed by atoms with Crippen LogP contribution >= 0.6 is 0 Å². The van der Waals surface area contributed by atoms with Gasteiger partial charge in [0, 0.05) is 23.6 Å². The van der Waals surface area contributed by atoms with Crippen LogP contribution in [-0.2, 0) is 6.42 Å². The van der Waals surface area contributed by atoms with Crippen LogP contribution in [0.25, 0.3) is 0 Å². The number of carbonyl (C=O) groups is 1. The highest BCUT2D eigenvalue weighted by Gasteiger charge is 2.27. The molecule has 2 aromatic carbocycles. The van der Waals surface area contributed by atoms with Crippen molar-refractivity contribution in [2.75, 3.05) is 10.2 Å². The number of carbonyl (C=O) groups excluding carboxylic acids is 1. The number of halogens is 1. The summed E-state index contributed by atoms with van der Waals surface area (Å²) in [6.07, 6.45) is 2.56. The van der Waals surface area contributed by atoms with Gasteiger partial charge in [0.05, 0.1) is 5.69 Å². The molecule has 0 aliphatic carbocycles. The van der Waals surface area contributed by atoms with E-state index < -0.39 is 11.7 Å². The molecular weight excluding hydrogens is 329 g/mol. The van der Waals surface area contributed by atoms with Crippen LogP contribution in [0.2, 0.25) is 0 Å². The van der Waals surface area contributed by atoms with Gasteiger partial charge in [-0.1, -0.05) is 30.3 Å². The van der Waals surface area contributed by atoms with Gasteiger partial charge in [-0.15, -0.1) is 0 Å². The van der Waals surface area contributed by atoms with Crippen LogP contribution in [0, 0.1) is 5.82 Å². The van der Waals surface area contributed by atoms with Crippen LogP contribution in [0.4, 0.5) is 21.5 Å². The third kappa shape index (κ3) is 2.92. The van der Waals surface area contributed by atoms with E-state index in [1.165, 1.54) is 17.7 Å². The first kappa shape index (κ1) is 16.3. The number of nitrogens with zero attached hydrogens (tertiary/aromatic N) is 2. The molecular formula is C21H18FN3O. The predicted molar refractivity (Wildman–Crippen MR) is 100 cm³/mol. The second-order valence-corrected chi connectivity index (χ2v) is 6.39. The highest BCUT2D eigenvalue weighted by Crippen LogP contribution is 2.38. The molecule has 3 aromatic rings. The fraction of sp³-hybridized carbons (Fsp3) is 0.143. The van der Waals surface area contributed by atoms with E-state index >= 15 is 0 Å². The number of nitrogens with one attached hydrogen (secondary N) is 1. The molecule has 0 spiro atoms. The predicted octanol–water partition coefficient (Wildman–Crippen LogP) is 4.56. The number of pyridine rings is 1. The molecule has 1 unspecified atom stereocenters. The van der Waals surface area contributed by atoms with Crippen molar-refractivity contribution in [1.82, 2.24) is 4.98 Å². The molecule has 130 valence electrons. The number of fused-ring (bicyclic) bond motifs is 1. The van der Waals surface area contributed by atoms with Gasteiger partial charge in [-0.3, -0.25) is 9.78 Å². The Morgan fingerprint density at radius 2 is 1.92 bits per heavy atom. The van der Waals surface area contributed by atoms with Crippen LogP contribution in [-0.4, -0.2) is 16.9 Å². The lowest BCUT2D eigenvalue weighted by atomic mass is 10.1. The Bertz CT molecular complexity index is 973. The van der Waals surface area contributed by atoms with Crippen molar-refractivity contribution >= 4 is 23.0 Å². The molecule has 2 heterocycles. The molecule has 4 nitrogen and oxygen atoms in total. The van der Waals surface area contributed by atoms with Gasteiger partial charge in [-0.2, -0.15) is 0 Å². The third-order valence-electron chi connectivity index (χ3n) is 4.58. The van der Waals surface area contributed by atoms with Gasteiger partial charge in [0.2, 0.25) is 0 Å². The van der Waals surface area contributed by atoms with Gasteiger partial charge < -0.3 is 10.2 Å². The SMILES string of the molecule is CC1Cc2ccccc2N1c1ccnc(C(=O)Nc2ccccc2F)c1. The van der Waals surface area contributed by atoms with Gasteiger partial charge in [0.1, 0.15) is 11.5 Å². The first-order valence-electron chi connectivity index (χ1n) is 8.52. The van der Waals surface area contributed by atoms with Crippen molar-refractivity contribution in [1.29, 1.82) is 0 Å². The normalized spacial score (nSPS) is 15.6. The molecule has 0 radical (unpaired) electrons. The van der Waals surface area contributed by atoms with Gasteiger partial charge in [-0.25, -0.2) is 4.39 Å². The lowest BCUT2D eigenvalue weighted by Gasteiger charge is -2.25. The molecule has 0 fully saturated rings. The van der Waals surface area contributed by atoms with Crippen molar-refractivity contribution in [2.45, 2.75) is 19.4 Å². The van der Waals surface area contributed by atoms with Gasteiger partial charge in [0.15, 0.2) is 0 Å². The van der Waals surface area contributed by atoms with E-state index in [2.05, 4.69) is 34.3 Å². The van der Waals surface area contributed by atoms with E-state index in [0.29, 0.717) is 0 Å². The van der Waals surface area contributed by atoms with Crippen LogP contribution in [0.3, 0.4) is 0 Å². The highest BCUT2D eigenvalue weighted by atomic mass is 19.1. The molecule has 4 rings (SSSR count). The number of rotatable bonds is 3. The van der Waals surface area contributed by atoms with E-state index in [4.69, 9.17) is 0 Å². The maximum absolute atomic E-state index is 13.8. The van der Waals surface area contributed by atoms with E-state index in [-0.39, 0.29) is 17.4 Å². The number of aromatic nitrogens is 1. The summed E-state index contributed by atoms with van der Waals surface area (Å²) in [5.74, 6) is -0.906. The van der Waals surface area contributed by atoms with E-state index in [1.54, 1.807) is 24.4 Å². The molecule has 1 aromatic heterocycles. The van der Waals surface area contributed by atoms with E-state index in [1.807, 2.05) is 18.2 Å². The summed E-state index contributed by atoms with van der Waals surface area (Å²) in [5.41, 5.74) is 3.73. The second-order valence-electron chi connectivity index (χ2n) is 6.39. The number of benzene rings is 2. The molecule has 1 amide bonds. The fourth-order valence-electron chi connectivity index (χ4n) is 3.40. The smallest absolute Gasteiger partial charge is 0.274 e. The highest BCUT2D eigenvalue weighted by molar-refractivity contribution is 6.03. The zero-order valence-corrected chi connectivity index (χ0v) is 14.3. The molecule has 1 atom stereocenters. The van der Waals surface area contributed by atoms with Crippen molar-refractivity contribution in [3.8, 4) is 0 Å². The Labute approximate surface area is 151 Å². The Balaban J connectivity index is 1.63. The van der Waals surface area contributed by atoms with Gasteiger partial charge in [0.25, 0.3) is 5.91 Å². The van der Waals surface area contributed by atoms with Crippen molar-refractivity contribution in [3.05, 3.63) is 83.9 Å². The third-order valence-corrected chi connectivity index (χ3v) is 4.58. The number of hydrogen-bond acceptors (Lipinski definition) is 3. The second kappa shape index (κ2) is 6.59. The first-order valence-corrected chi connectivity index (χ1v) is 8.52. The number of anilines is 3. The van der Waals surface area contributed by atoms with Crippen LogP contribution < -0.4 is 10.2 Å². The number of hydrogen-bond donors (Lipinski definition) is 1. The molecule has 26 heavy (non-hydrogen) atoms. The molecule has 0 saturated carbocycles. The summed E-state index contributed by atoms with van der Waals surface area (Å²) >= 11 is 0. The quantitative estimate of drug-likeness (QED) is 0.756. The molecule has 1 N–H and O–H groups in total. The zero-order chi connectivity index (χ0) is 18.1. The minimum absolute atomic E-state index is 0.143. The molecule has 1 aliphatic rings. The van der Waals surface area contributed by atoms with Crippen LogP contribution in [0.1, 0.15) is 23.0 Å². The fourth-order valence-corrected chi connectivity index (χ4v) is 3.40. The summed E-state index contributed by atoms with van der Waals surface area (Å²) in [4.78, 5) is 18.9. The van der Waals surface area contributed by atoms with Crippen molar-refractivity contribution < 1.29 is 9.18 Å². The standard InChI is InChI=1S/C21H18FN3O/c1-14-12-15-6-2-5-9-20(15)25(14)16-10-11-23-19(13-16)21(26)24-18-8-4-3-7-17(18)22/h2-11,13-14H,12H2,1H3,(H,24,26). The summed E-state index contributed by atoms with van der Waals surface area (Å²) in [7, 11) is 0. The van der Waals surface area contributed by atoms with E-state index in [0.717, 1.165) is 17.8 Å². The lowest BCUT2D eigenvalue weighted by Crippen LogP contribution is -2.24. The Morgan fingerprint density at radius 3 is 2.77 bits per heavy atom. The minimum Gasteiger partial charge on any atom is -0.338 e. The summed E-state index contributed by atoms with van der Waals surface area (Å²) in [6.45, 7) is 2.15. The first-order chi connectivity index (χ1) is 12.6. The minimum atomic E-state index is -0.473. The summed E-state index contributed by atoms with van der Waals surface area (Å²) in [5, 5.41) is 2.58.